The van der Waals surface area contributed by atoms with Gasteiger partial charge in [-0.2, -0.15) is 0 Å². The molecule has 124 valence electrons. The first kappa shape index (κ1) is 16.3. The Morgan fingerprint density at radius 1 is 1.52 bits per heavy atom. The number of amides is 2. The number of carbonyl (C=O) groups is 2. The molecule has 1 aromatic heterocycles. The van der Waals surface area contributed by atoms with Crippen molar-refractivity contribution in [2.24, 2.45) is 5.92 Å². The molecule has 0 bridgehead atoms. The summed E-state index contributed by atoms with van der Waals surface area (Å²) >= 11 is 1.57. The molecule has 1 N–H and O–H groups in total. The average Bonchev–Trinajstić information content (AvgIpc) is 3.20. The van der Waals surface area contributed by atoms with Gasteiger partial charge in [0.2, 0.25) is 11.8 Å². The van der Waals surface area contributed by atoms with Crippen LogP contribution in [0.5, 0.6) is 0 Å². The maximum absolute atomic E-state index is 12.7. The summed E-state index contributed by atoms with van der Waals surface area (Å²) in [6.45, 7) is 3.44. The Bertz CT molecular complexity index is 548. The number of thioether (sulfide) groups is 1. The van der Waals surface area contributed by atoms with Crippen molar-refractivity contribution in [3.8, 4) is 0 Å². The zero-order chi connectivity index (χ0) is 16.1. The second kappa shape index (κ2) is 7.79. The molecule has 2 aliphatic rings. The normalized spacial score (nSPS) is 21.0. The van der Waals surface area contributed by atoms with Gasteiger partial charge in [0.15, 0.2) is 0 Å². The fraction of sp³-hybridized carbons (Fsp3) is 0.562. The molecule has 0 aliphatic carbocycles. The minimum absolute atomic E-state index is 0.0246. The van der Waals surface area contributed by atoms with Crippen LogP contribution in [0.25, 0.3) is 0 Å². The molecule has 0 spiro atoms. The molecule has 1 unspecified atom stereocenters. The number of hydrogen-bond donors (Lipinski definition) is 1. The Labute approximate surface area is 140 Å². The Balaban J connectivity index is 1.65. The highest BCUT2D eigenvalue weighted by atomic mass is 32.2. The summed E-state index contributed by atoms with van der Waals surface area (Å²) in [6.07, 6.45) is 4.62. The summed E-state index contributed by atoms with van der Waals surface area (Å²) in [5.41, 5.74) is 1.02. The van der Waals surface area contributed by atoms with E-state index in [9.17, 15) is 9.59 Å². The summed E-state index contributed by atoms with van der Waals surface area (Å²) in [5.74, 6) is 1.68. The monoisotopic (exact) mass is 334 g/mol. The van der Waals surface area contributed by atoms with Gasteiger partial charge in [-0.05, 0) is 37.1 Å². The minimum atomic E-state index is 0.0246. The van der Waals surface area contributed by atoms with E-state index in [1.807, 2.05) is 17.0 Å². The van der Waals surface area contributed by atoms with Gasteiger partial charge in [0.1, 0.15) is 6.54 Å². The third kappa shape index (κ3) is 4.45. The molecule has 3 heterocycles. The summed E-state index contributed by atoms with van der Waals surface area (Å²) in [6, 6.07) is 3.87. The molecular weight excluding hydrogens is 312 g/mol. The lowest BCUT2D eigenvalue weighted by Gasteiger charge is -2.27. The quantitative estimate of drug-likeness (QED) is 0.823. The molecule has 0 saturated carbocycles. The summed E-state index contributed by atoms with van der Waals surface area (Å²) in [7, 11) is 0. The van der Waals surface area contributed by atoms with Gasteiger partial charge >= 0.3 is 0 Å². The highest BCUT2D eigenvalue weighted by Crippen LogP contribution is 2.17. The van der Waals surface area contributed by atoms with Crippen LogP contribution in [-0.2, 0) is 16.1 Å². The molecule has 2 amide bonds. The summed E-state index contributed by atoms with van der Waals surface area (Å²) in [5, 5.41) is 3.34. The van der Waals surface area contributed by atoms with Crippen LogP contribution in [0.1, 0.15) is 12.0 Å². The number of pyridine rings is 1. The van der Waals surface area contributed by atoms with Gasteiger partial charge in [-0.1, -0.05) is 6.07 Å². The van der Waals surface area contributed by atoms with E-state index < -0.39 is 0 Å². The highest BCUT2D eigenvalue weighted by molar-refractivity contribution is 8.00. The topological polar surface area (TPSA) is 65.5 Å². The van der Waals surface area contributed by atoms with Crippen molar-refractivity contribution in [3.63, 3.8) is 0 Å². The van der Waals surface area contributed by atoms with Crippen molar-refractivity contribution in [3.05, 3.63) is 30.1 Å². The second-order valence-corrected chi connectivity index (χ2v) is 7.02. The zero-order valence-corrected chi connectivity index (χ0v) is 13.9. The highest BCUT2D eigenvalue weighted by Gasteiger charge is 2.27. The van der Waals surface area contributed by atoms with Gasteiger partial charge in [-0.3, -0.25) is 14.6 Å². The van der Waals surface area contributed by atoms with Crippen molar-refractivity contribution < 1.29 is 9.59 Å². The fourth-order valence-corrected chi connectivity index (χ4v) is 3.86. The van der Waals surface area contributed by atoms with E-state index in [0.717, 1.165) is 31.6 Å². The molecule has 2 aliphatic heterocycles. The van der Waals surface area contributed by atoms with Gasteiger partial charge in [0.05, 0.1) is 11.6 Å². The maximum atomic E-state index is 12.7. The van der Waals surface area contributed by atoms with Crippen LogP contribution in [-0.4, -0.2) is 64.4 Å². The number of nitrogens with zero attached hydrogens (tertiary/aromatic N) is 3. The molecule has 6 nitrogen and oxygen atoms in total. The van der Waals surface area contributed by atoms with Crippen molar-refractivity contribution in [2.75, 3.05) is 37.8 Å². The molecule has 2 saturated heterocycles. The van der Waals surface area contributed by atoms with E-state index in [4.69, 9.17) is 0 Å². The van der Waals surface area contributed by atoms with E-state index >= 15 is 0 Å². The summed E-state index contributed by atoms with van der Waals surface area (Å²) in [4.78, 5) is 32.1. The average molecular weight is 334 g/mol. The van der Waals surface area contributed by atoms with Crippen LogP contribution < -0.4 is 5.32 Å². The molecule has 7 heteroatoms. The fourth-order valence-electron chi connectivity index (χ4n) is 2.95. The molecular formula is C16H22N4O2S. The first-order valence-corrected chi connectivity index (χ1v) is 9.11. The largest absolute Gasteiger partial charge is 0.336 e. The van der Waals surface area contributed by atoms with Gasteiger partial charge in [-0.25, -0.2) is 0 Å². The molecule has 2 fully saturated rings. The van der Waals surface area contributed by atoms with E-state index in [1.165, 1.54) is 0 Å². The Morgan fingerprint density at radius 3 is 3.09 bits per heavy atom. The Hall–Kier alpha value is -1.60. The smallest absolute Gasteiger partial charge is 0.242 e. The molecule has 1 atom stereocenters. The van der Waals surface area contributed by atoms with Crippen LogP contribution in [0.3, 0.4) is 0 Å². The van der Waals surface area contributed by atoms with Crippen LogP contribution in [0.4, 0.5) is 0 Å². The van der Waals surface area contributed by atoms with E-state index in [0.29, 0.717) is 24.1 Å². The molecule has 0 radical (unpaired) electrons. The SMILES string of the molecule is O=C1CSCN1CC(=O)N(Cc1cccnc1)CC1CCNC1. The van der Waals surface area contributed by atoms with E-state index in [2.05, 4.69) is 10.3 Å². The molecule has 23 heavy (non-hydrogen) atoms. The van der Waals surface area contributed by atoms with Crippen LogP contribution in [0.15, 0.2) is 24.5 Å². The lowest BCUT2D eigenvalue weighted by molar-refractivity contribution is -0.138. The van der Waals surface area contributed by atoms with Crippen LogP contribution in [0.2, 0.25) is 0 Å². The van der Waals surface area contributed by atoms with Crippen molar-refractivity contribution in [2.45, 2.75) is 13.0 Å². The third-order valence-electron chi connectivity index (χ3n) is 4.24. The van der Waals surface area contributed by atoms with Gasteiger partial charge in [-0.15, -0.1) is 11.8 Å². The molecule has 1 aromatic rings. The van der Waals surface area contributed by atoms with E-state index in [-0.39, 0.29) is 18.4 Å². The Morgan fingerprint density at radius 2 is 2.43 bits per heavy atom. The predicted molar refractivity (Wildman–Crippen MR) is 89.7 cm³/mol. The minimum Gasteiger partial charge on any atom is -0.336 e. The number of hydrogen-bond acceptors (Lipinski definition) is 5. The van der Waals surface area contributed by atoms with Gasteiger partial charge < -0.3 is 15.1 Å². The lowest BCUT2D eigenvalue weighted by atomic mass is 10.1. The number of aromatic nitrogens is 1. The van der Waals surface area contributed by atoms with Gasteiger partial charge in [0, 0.05) is 25.5 Å². The first-order chi connectivity index (χ1) is 11.2. The zero-order valence-electron chi connectivity index (χ0n) is 13.1. The van der Waals surface area contributed by atoms with Crippen molar-refractivity contribution >= 4 is 23.6 Å². The number of carbonyl (C=O) groups excluding carboxylic acids is 2. The van der Waals surface area contributed by atoms with Crippen molar-refractivity contribution in [1.29, 1.82) is 0 Å². The number of rotatable bonds is 6. The molecule has 3 rings (SSSR count). The standard InChI is InChI=1S/C16H22N4O2S/c21-15(10-20-12-23-11-16(20)22)19(9-14-3-5-18-7-14)8-13-2-1-4-17-6-13/h1-2,4,6,14,18H,3,5,7-12H2. The van der Waals surface area contributed by atoms with E-state index in [1.54, 1.807) is 29.1 Å². The molecule has 0 aromatic carbocycles. The third-order valence-corrected chi connectivity index (χ3v) is 5.19. The van der Waals surface area contributed by atoms with Crippen molar-refractivity contribution in [1.82, 2.24) is 20.1 Å². The lowest BCUT2D eigenvalue weighted by Crippen LogP contribution is -2.43. The predicted octanol–water partition coefficient (Wildman–Crippen LogP) is 0.553. The van der Waals surface area contributed by atoms with Crippen LogP contribution in [0, 0.1) is 5.92 Å². The Kier molecular flexibility index (Phi) is 5.51. The second-order valence-electron chi connectivity index (χ2n) is 6.06. The van der Waals surface area contributed by atoms with Gasteiger partial charge in [0.25, 0.3) is 0 Å². The maximum Gasteiger partial charge on any atom is 0.242 e. The van der Waals surface area contributed by atoms with Crippen LogP contribution >= 0.6 is 11.8 Å². The summed E-state index contributed by atoms with van der Waals surface area (Å²) < 4.78 is 0. The first-order valence-electron chi connectivity index (χ1n) is 7.95. The number of nitrogens with one attached hydrogen (secondary N) is 1.